The molecule has 84 valence electrons. The first-order chi connectivity index (χ1) is 6.31. The van der Waals surface area contributed by atoms with E-state index in [0.29, 0.717) is 0 Å². The van der Waals surface area contributed by atoms with Crippen molar-refractivity contribution in [1.29, 1.82) is 0 Å². The second-order valence-corrected chi connectivity index (χ2v) is 3.69. The Bertz CT molecular complexity index is 198. The van der Waals surface area contributed by atoms with Gasteiger partial charge in [-0.3, -0.25) is 0 Å². The molecule has 1 atom stereocenters. The normalized spacial score (nSPS) is 26.6. The van der Waals surface area contributed by atoms with Crippen LogP contribution in [0.5, 0.6) is 0 Å². The van der Waals surface area contributed by atoms with Crippen molar-refractivity contribution in [3.05, 3.63) is 0 Å². The molecule has 0 bridgehead atoms. The Morgan fingerprint density at radius 1 is 1.20 bits per heavy atom. The maximum Gasteiger partial charge on any atom is 1.00 e. The molecule has 1 fully saturated rings. The van der Waals surface area contributed by atoms with Crippen LogP contribution in [0, 0.1) is 5.92 Å². The first-order valence-electron chi connectivity index (χ1n) is 4.61. The van der Waals surface area contributed by atoms with Crippen molar-refractivity contribution in [2.24, 2.45) is 5.92 Å². The molecule has 0 amide bonds. The van der Waals surface area contributed by atoms with Gasteiger partial charge in [-0.05, 0) is 13.0 Å². The summed E-state index contributed by atoms with van der Waals surface area (Å²) in [6.45, 7) is -4.78. The Hall–Kier alpha value is 1.31. The molecule has 1 N–H and O–H groups in total. The summed E-state index contributed by atoms with van der Waals surface area (Å²) in [4.78, 5) is 0. The van der Waals surface area contributed by atoms with Crippen LogP contribution in [0.2, 0.25) is 6.32 Å². The molecule has 0 aromatic heterocycles. The Morgan fingerprint density at radius 2 is 1.80 bits per heavy atom. The Balaban J connectivity index is 0.00000196. The first-order valence-corrected chi connectivity index (χ1v) is 4.61. The number of halogens is 5. The van der Waals surface area contributed by atoms with Gasteiger partial charge in [0.25, 0.3) is 0 Å². The summed E-state index contributed by atoms with van der Waals surface area (Å²) in [6, 6.07) is 0. The van der Waals surface area contributed by atoms with Crippen LogP contribution in [0.15, 0.2) is 0 Å². The van der Waals surface area contributed by atoms with Crippen molar-refractivity contribution in [2.75, 3.05) is 13.1 Å². The van der Waals surface area contributed by atoms with Crippen LogP contribution in [0.4, 0.5) is 21.7 Å². The predicted molar refractivity (Wildman–Crippen MR) is 44.4 cm³/mol. The molecular formula is C7H12BF5KN. The number of hydrogen-bond donors (Lipinski definition) is 1. The first kappa shape index (κ1) is 16.3. The third kappa shape index (κ3) is 5.97. The van der Waals surface area contributed by atoms with Gasteiger partial charge in [-0.15, -0.1) is 0 Å². The molecule has 0 aliphatic carbocycles. The quantitative estimate of drug-likeness (QED) is 0.517. The fraction of sp³-hybridized carbons (Fsp3) is 1.00. The van der Waals surface area contributed by atoms with Gasteiger partial charge in [0, 0.05) is 18.9 Å². The molecule has 0 radical (unpaired) electrons. The number of alkyl halides is 2. The average Bonchev–Trinajstić information content (AvgIpc) is 2.11. The van der Waals surface area contributed by atoms with E-state index in [-0.39, 0.29) is 70.9 Å². The van der Waals surface area contributed by atoms with E-state index < -0.39 is 31.6 Å². The number of hydrogen-bond acceptors (Lipinski definition) is 1. The zero-order valence-corrected chi connectivity index (χ0v) is 11.7. The SMILES string of the molecule is F[B-](F)(F)CC1CCNCCC1(F)F.[K+]. The fourth-order valence-electron chi connectivity index (χ4n) is 1.68. The molecule has 1 nitrogen and oxygen atoms in total. The fourth-order valence-corrected chi connectivity index (χ4v) is 1.68. The van der Waals surface area contributed by atoms with Gasteiger partial charge in [0.15, 0.2) is 0 Å². The minimum Gasteiger partial charge on any atom is -0.449 e. The largest absolute Gasteiger partial charge is 1.00 e. The molecule has 1 aliphatic heterocycles. The van der Waals surface area contributed by atoms with Crippen molar-refractivity contribution >= 4 is 6.98 Å². The van der Waals surface area contributed by atoms with Crippen molar-refractivity contribution in [3.8, 4) is 0 Å². The molecule has 1 unspecified atom stereocenters. The van der Waals surface area contributed by atoms with Crippen LogP contribution in [0.1, 0.15) is 12.8 Å². The summed E-state index contributed by atoms with van der Waals surface area (Å²) in [7, 11) is 0. The van der Waals surface area contributed by atoms with Gasteiger partial charge in [-0.1, -0.05) is 6.32 Å². The second kappa shape index (κ2) is 6.30. The van der Waals surface area contributed by atoms with Gasteiger partial charge in [0.05, 0.1) is 0 Å². The van der Waals surface area contributed by atoms with Crippen molar-refractivity contribution < 1.29 is 73.1 Å². The summed E-state index contributed by atoms with van der Waals surface area (Å²) >= 11 is 0. The molecule has 0 saturated carbocycles. The van der Waals surface area contributed by atoms with Crippen LogP contribution in [-0.2, 0) is 0 Å². The van der Waals surface area contributed by atoms with Crippen molar-refractivity contribution in [2.45, 2.75) is 25.1 Å². The predicted octanol–water partition coefficient (Wildman–Crippen LogP) is -0.527. The number of nitrogens with one attached hydrogen (secondary N) is 1. The molecule has 1 rings (SSSR count). The second-order valence-electron chi connectivity index (χ2n) is 3.69. The molecule has 15 heavy (non-hydrogen) atoms. The third-order valence-electron chi connectivity index (χ3n) is 2.45. The van der Waals surface area contributed by atoms with Gasteiger partial charge >= 0.3 is 58.4 Å². The minimum absolute atomic E-state index is 0. The molecule has 0 aromatic carbocycles. The Labute approximate surface area is 128 Å². The number of rotatable bonds is 2. The van der Waals surface area contributed by atoms with E-state index in [1.165, 1.54) is 0 Å². The molecule has 0 spiro atoms. The molecule has 0 aromatic rings. The van der Waals surface area contributed by atoms with Crippen LogP contribution < -0.4 is 56.7 Å². The monoisotopic (exact) mass is 255 g/mol. The molecular weight excluding hydrogens is 243 g/mol. The van der Waals surface area contributed by atoms with Gasteiger partial charge < -0.3 is 18.3 Å². The topological polar surface area (TPSA) is 12.0 Å². The van der Waals surface area contributed by atoms with E-state index in [1.54, 1.807) is 0 Å². The van der Waals surface area contributed by atoms with E-state index in [0.717, 1.165) is 0 Å². The van der Waals surface area contributed by atoms with Crippen LogP contribution in [0.25, 0.3) is 0 Å². The minimum atomic E-state index is -5.11. The average molecular weight is 255 g/mol. The summed E-state index contributed by atoms with van der Waals surface area (Å²) in [5.74, 6) is -4.72. The Morgan fingerprint density at radius 3 is 2.33 bits per heavy atom. The van der Waals surface area contributed by atoms with E-state index in [2.05, 4.69) is 5.32 Å². The van der Waals surface area contributed by atoms with E-state index in [4.69, 9.17) is 0 Å². The summed E-state index contributed by atoms with van der Waals surface area (Å²) in [5, 5.41) is 2.68. The van der Waals surface area contributed by atoms with Crippen molar-refractivity contribution in [3.63, 3.8) is 0 Å². The van der Waals surface area contributed by atoms with E-state index in [9.17, 15) is 21.7 Å². The zero-order valence-electron chi connectivity index (χ0n) is 8.58. The van der Waals surface area contributed by atoms with Gasteiger partial charge in [-0.25, -0.2) is 8.78 Å². The van der Waals surface area contributed by atoms with Crippen molar-refractivity contribution in [1.82, 2.24) is 5.32 Å². The summed E-state index contributed by atoms with van der Waals surface area (Å²) in [5.41, 5.74) is 0. The molecule has 1 saturated heterocycles. The Kier molecular flexibility index (Phi) is 6.85. The summed E-state index contributed by atoms with van der Waals surface area (Å²) in [6.07, 6.45) is -1.92. The molecule has 8 heteroatoms. The standard InChI is InChI=1S/C7H12BF5N.K/c9-7(10)2-4-14-3-1-6(7)5-8(11,12)13;/h6,14H,1-5H2;/q-1;+1. The molecule has 1 heterocycles. The summed E-state index contributed by atoms with van der Waals surface area (Å²) < 4.78 is 62.3. The molecule has 1 aliphatic rings. The van der Waals surface area contributed by atoms with E-state index in [1.807, 2.05) is 0 Å². The van der Waals surface area contributed by atoms with Gasteiger partial charge in [-0.2, -0.15) is 0 Å². The van der Waals surface area contributed by atoms with Crippen LogP contribution in [0.3, 0.4) is 0 Å². The van der Waals surface area contributed by atoms with E-state index >= 15 is 0 Å². The third-order valence-corrected chi connectivity index (χ3v) is 2.45. The maximum atomic E-state index is 13.1. The van der Waals surface area contributed by atoms with Gasteiger partial charge in [0.2, 0.25) is 5.92 Å². The maximum absolute atomic E-state index is 13.1. The van der Waals surface area contributed by atoms with Gasteiger partial charge in [0.1, 0.15) is 0 Å². The van der Waals surface area contributed by atoms with Crippen LogP contribution in [-0.4, -0.2) is 26.0 Å². The van der Waals surface area contributed by atoms with Crippen LogP contribution >= 0.6 is 0 Å². The smallest absolute Gasteiger partial charge is 0.449 e. The zero-order chi connectivity index (χ0) is 10.8.